The summed E-state index contributed by atoms with van der Waals surface area (Å²) in [7, 11) is 0. The van der Waals surface area contributed by atoms with Gasteiger partial charge in [-0.2, -0.15) is 11.8 Å². The summed E-state index contributed by atoms with van der Waals surface area (Å²) < 4.78 is 0. The van der Waals surface area contributed by atoms with Gasteiger partial charge in [0.15, 0.2) is 0 Å². The Morgan fingerprint density at radius 3 is 2.33 bits per heavy atom. The molecule has 0 aliphatic heterocycles. The van der Waals surface area contributed by atoms with Crippen LogP contribution in [0.1, 0.15) is 6.42 Å². The normalized spacial score (nSPS) is 10.2. The first kappa shape index (κ1) is 14.3. The smallest absolute Gasteiger partial charge is 0.304 e. The van der Waals surface area contributed by atoms with E-state index in [1.54, 1.807) is 11.8 Å². The summed E-state index contributed by atoms with van der Waals surface area (Å²) in [6.45, 7) is 10.0. The van der Waals surface area contributed by atoms with Gasteiger partial charge in [0, 0.05) is 31.1 Å². The molecule has 15 heavy (non-hydrogen) atoms. The van der Waals surface area contributed by atoms with Gasteiger partial charge in [0.2, 0.25) is 0 Å². The largest absolute Gasteiger partial charge is 0.481 e. The summed E-state index contributed by atoms with van der Waals surface area (Å²) in [6, 6.07) is 0. The van der Waals surface area contributed by atoms with E-state index in [2.05, 4.69) is 18.1 Å². The maximum atomic E-state index is 10.3. The molecule has 0 spiro atoms. The number of carboxylic acid groups (broad SMARTS) is 1. The van der Waals surface area contributed by atoms with Crippen LogP contribution in [-0.2, 0) is 4.79 Å². The highest BCUT2D eigenvalue weighted by Gasteiger charge is 2.01. The van der Waals surface area contributed by atoms with Crippen molar-refractivity contribution in [2.24, 2.45) is 0 Å². The lowest BCUT2D eigenvalue weighted by atomic mass is 10.4. The van der Waals surface area contributed by atoms with Gasteiger partial charge in [0.25, 0.3) is 0 Å². The third kappa shape index (κ3) is 9.56. The molecular formula is C11H19NO2S. The van der Waals surface area contributed by atoms with E-state index in [9.17, 15) is 4.79 Å². The second-order valence-corrected chi connectivity index (χ2v) is 4.32. The van der Waals surface area contributed by atoms with E-state index in [1.165, 1.54) is 0 Å². The number of nitrogens with zero attached hydrogens (tertiary/aromatic N) is 1. The van der Waals surface area contributed by atoms with E-state index in [0.29, 0.717) is 5.75 Å². The second-order valence-electron chi connectivity index (χ2n) is 3.09. The standard InChI is InChI=1S/C11H19NO2S/c1-3-6-12(7-4-2)8-10-15-9-5-11(13)14/h3-4H,1-2,5-10H2,(H,13,14). The molecule has 0 aromatic carbocycles. The van der Waals surface area contributed by atoms with Crippen LogP contribution in [0.5, 0.6) is 0 Å². The van der Waals surface area contributed by atoms with Gasteiger partial charge in [-0.05, 0) is 0 Å². The molecule has 0 aliphatic rings. The molecule has 3 nitrogen and oxygen atoms in total. The van der Waals surface area contributed by atoms with Crippen LogP contribution in [0.25, 0.3) is 0 Å². The Bertz CT molecular complexity index is 197. The van der Waals surface area contributed by atoms with Crippen LogP contribution < -0.4 is 0 Å². The van der Waals surface area contributed by atoms with Crippen molar-refractivity contribution >= 4 is 17.7 Å². The third-order valence-corrected chi connectivity index (χ3v) is 2.75. The van der Waals surface area contributed by atoms with Crippen molar-refractivity contribution < 1.29 is 9.90 Å². The number of aliphatic carboxylic acids is 1. The molecule has 4 heteroatoms. The van der Waals surface area contributed by atoms with Gasteiger partial charge in [-0.25, -0.2) is 0 Å². The average molecular weight is 229 g/mol. The van der Waals surface area contributed by atoms with Crippen LogP contribution in [0.2, 0.25) is 0 Å². The minimum Gasteiger partial charge on any atom is -0.481 e. The van der Waals surface area contributed by atoms with Gasteiger partial charge in [-0.3, -0.25) is 9.69 Å². The van der Waals surface area contributed by atoms with Crippen LogP contribution in [0.15, 0.2) is 25.3 Å². The first-order chi connectivity index (χ1) is 7.20. The van der Waals surface area contributed by atoms with E-state index >= 15 is 0 Å². The van der Waals surface area contributed by atoms with Crippen molar-refractivity contribution in [3.8, 4) is 0 Å². The van der Waals surface area contributed by atoms with Crippen molar-refractivity contribution in [1.29, 1.82) is 0 Å². The maximum absolute atomic E-state index is 10.3. The van der Waals surface area contributed by atoms with E-state index in [4.69, 9.17) is 5.11 Å². The molecule has 0 radical (unpaired) electrons. The molecular weight excluding hydrogens is 210 g/mol. The predicted molar refractivity (Wildman–Crippen MR) is 66.4 cm³/mol. The summed E-state index contributed by atoms with van der Waals surface area (Å²) in [5.41, 5.74) is 0. The molecule has 0 amide bonds. The summed E-state index contributed by atoms with van der Waals surface area (Å²) >= 11 is 1.67. The number of rotatable bonds is 10. The first-order valence-corrected chi connectivity index (χ1v) is 6.10. The van der Waals surface area contributed by atoms with Crippen LogP contribution in [-0.4, -0.2) is 47.1 Å². The Balaban J connectivity index is 3.47. The van der Waals surface area contributed by atoms with Crippen LogP contribution in [0.3, 0.4) is 0 Å². The van der Waals surface area contributed by atoms with E-state index in [1.807, 2.05) is 12.2 Å². The monoisotopic (exact) mass is 229 g/mol. The minimum atomic E-state index is -0.725. The molecule has 0 aliphatic carbocycles. The van der Waals surface area contributed by atoms with E-state index < -0.39 is 5.97 Å². The number of hydrogen-bond acceptors (Lipinski definition) is 3. The quantitative estimate of drug-likeness (QED) is 0.458. The molecule has 0 heterocycles. The molecule has 0 atom stereocenters. The highest BCUT2D eigenvalue weighted by molar-refractivity contribution is 7.99. The highest BCUT2D eigenvalue weighted by Crippen LogP contribution is 2.03. The average Bonchev–Trinajstić information content (AvgIpc) is 2.17. The molecule has 0 saturated carbocycles. The lowest BCUT2D eigenvalue weighted by molar-refractivity contribution is -0.136. The van der Waals surface area contributed by atoms with Gasteiger partial charge in [-0.1, -0.05) is 12.2 Å². The van der Waals surface area contributed by atoms with Crippen molar-refractivity contribution in [3.05, 3.63) is 25.3 Å². The van der Waals surface area contributed by atoms with Crippen molar-refractivity contribution in [2.75, 3.05) is 31.1 Å². The highest BCUT2D eigenvalue weighted by atomic mass is 32.2. The van der Waals surface area contributed by atoms with Gasteiger partial charge in [0.1, 0.15) is 0 Å². The lowest BCUT2D eigenvalue weighted by Crippen LogP contribution is -2.26. The predicted octanol–water partition coefficient (Wildman–Crippen LogP) is 1.87. The number of carbonyl (C=O) groups is 1. The van der Waals surface area contributed by atoms with Crippen LogP contribution in [0.4, 0.5) is 0 Å². The van der Waals surface area contributed by atoms with Gasteiger partial charge in [-0.15, -0.1) is 13.2 Å². The van der Waals surface area contributed by atoms with Crippen molar-refractivity contribution in [1.82, 2.24) is 4.90 Å². The molecule has 0 aromatic heterocycles. The zero-order valence-corrected chi connectivity index (χ0v) is 9.84. The van der Waals surface area contributed by atoms with Gasteiger partial charge < -0.3 is 5.11 Å². The summed E-state index contributed by atoms with van der Waals surface area (Å²) in [6.07, 6.45) is 3.98. The Kier molecular flexibility index (Phi) is 9.32. The van der Waals surface area contributed by atoms with E-state index in [0.717, 1.165) is 25.4 Å². The summed E-state index contributed by atoms with van der Waals surface area (Å²) in [4.78, 5) is 12.5. The minimum absolute atomic E-state index is 0.244. The Hall–Kier alpha value is -0.740. The number of thioether (sulfide) groups is 1. The second kappa shape index (κ2) is 9.80. The number of hydrogen-bond donors (Lipinski definition) is 1. The summed E-state index contributed by atoms with van der Waals surface area (Å²) in [5.74, 6) is 0.914. The lowest BCUT2D eigenvalue weighted by Gasteiger charge is -2.17. The number of carboxylic acids is 1. The Morgan fingerprint density at radius 1 is 1.27 bits per heavy atom. The maximum Gasteiger partial charge on any atom is 0.304 e. The first-order valence-electron chi connectivity index (χ1n) is 4.94. The van der Waals surface area contributed by atoms with E-state index in [-0.39, 0.29) is 6.42 Å². The topological polar surface area (TPSA) is 40.5 Å². The molecule has 0 saturated heterocycles. The molecule has 0 unspecified atom stereocenters. The fourth-order valence-corrected chi connectivity index (χ4v) is 1.99. The third-order valence-electron chi connectivity index (χ3n) is 1.79. The van der Waals surface area contributed by atoms with Gasteiger partial charge >= 0.3 is 5.97 Å². The van der Waals surface area contributed by atoms with Gasteiger partial charge in [0.05, 0.1) is 6.42 Å². The Labute approximate surface area is 95.8 Å². The molecule has 86 valence electrons. The molecule has 0 fully saturated rings. The molecule has 1 N–H and O–H groups in total. The molecule has 0 aromatic rings. The fourth-order valence-electron chi connectivity index (χ4n) is 1.08. The van der Waals surface area contributed by atoms with Crippen molar-refractivity contribution in [3.63, 3.8) is 0 Å². The van der Waals surface area contributed by atoms with Crippen LogP contribution in [0, 0.1) is 0 Å². The zero-order valence-electron chi connectivity index (χ0n) is 9.02. The van der Waals surface area contributed by atoms with Crippen molar-refractivity contribution in [2.45, 2.75) is 6.42 Å². The van der Waals surface area contributed by atoms with Crippen LogP contribution >= 0.6 is 11.8 Å². The zero-order chi connectivity index (χ0) is 11.5. The SMILES string of the molecule is C=CCN(CC=C)CCSCCC(=O)O. The fraction of sp³-hybridized carbons (Fsp3) is 0.545. The molecule has 0 rings (SSSR count). The molecule has 0 bridgehead atoms. The summed E-state index contributed by atoms with van der Waals surface area (Å²) in [5, 5.41) is 8.44. The Morgan fingerprint density at radius 2 is 1.87 bits per heavy atom.